The minimum absolute atomic E-state index is 0.0146. The van der Waals surface area contributed by atoms with Gasteiger partial charge in [-0.25, -0.2) is 4.79 Å². The van der Waals surface area contributed by atoms with Gasteiger partial charge >= 0.3 is 6.09 Å². The Kier molecular flexibility index (Phi) is 39.8. The van der Waals surface area contributed by atoms with E-state index in [4.69, 9.17) is 51.4 Å². The number of rotatable bonds is 50. The lowest BCUT2D eigenvalue weighted by molar-refractivity contribution is -0.146. The predicted octanol–water partition coefficient (Wildman–Crippen LogP) is 0.0174. The van der Waals surface area contributed by atoms with Crippen molar-refractivity contribution in [2.45, 2.75) is 230 Å². The largest absolute Gasteiger partial charge is 0.444 e. The molecule has 0 saturated carbocycles. The highest BCUT2D eigenvalue weighted by Gasteiger charge is 2.45. The highest BCUT2D eigenvalue weighted by atomic mass is 16.6. The van der Waals surface area contributed by atoms with Gasteiger partial charge in [-0.05, 0) is 115 Å². The molecule has 2 heterocycles. The van der Waals surface area contributed by atoms with E-state index in [1.807, 2.05) is 6.07 Å². The van der Waals surface area contributed by atoms with Crippen molar-refractivity contribution in [1.29, 1.82) is 0 Å². The highest BCUT2D eigenvalue weighted by molar-refractivity contribution is 6.00. The fourth-order valence-electron chi connectivity index (χ4n) is 13.5. The molecule has 18 N–H and O–H groups in total. The van der Waals surface area contributed by atoms with Crippen molar-refractivity contribution in [2.75, 3.05) is 32.8 Å². The van der Waals surface area contributed by atoms with Gasteiger partial charge in [0.2, 0.25) is 88.6 Å². The van der Waals surface area contributed by atoms with Crippen LogP contribution in [0.25, 0.3) is 0 Å². The van der Waals surface area contributed by atoms with Crippen LogP contribution in [-0.2, 0) is 133 Å². The molecule has 676 valence electrons. The van der Waals surface area contributed by atoms with Gasteiger partial charge in [0.25, 0.3) is 0 Å². The van der Waals surface area contributed by atoms with Crippen molar-refractivity contribution in [3.63, 3.8) is 0 Å². The van der Waals surface area contributed by atoms with Gasteiger partial charge in [0, 0.05) is 25.9 Å². The first-order valence-electron chi connectivity index (χ1n) is 41.2. The van der Waals surface area contributed by atoms with Gasteiger partial charge in [0.15, 0.2) is 0 Å². The molecule has 16 amide bonds. The third-order valence-electron chi connectivity index (χ3n) is 20.2. The van der Waals surface area contributed by atoms with Gasteiger partial charge in [-0.2, -0.15) is 0 Å². The van der Waals surface area contributed by atoms with Crippen LogP contribution in [0.3, 0.4) is 0 Å². The molecule has 14 atom stereocenters. The number of carbonyl (C=O) groups is 16. The first-order chi connectivity index (χ1) is 59.5. The molecule has 38 nitrogen and oxygen atoms in total. The minimum atomic E-state index is -1.99. The number of benzene rings is 5. The molecule has 0 aliphatic carbocycles. The van der Waals surface area contributed by atoms with Crippen molar-refractivity contribution in [3.05, 3.63) is 179 Å². The normalized spacial score (nSPS) is 16.6. The topological polar surface area (TPSA) is 559 Å². The molecule has 5 aromatic rings. The fourth-order valence-corrected chi connectivity index (χ4v) is 13.5. The van der Waals surface area contributed by atoms with E-state index < -0.39 is 224 Å². The summed E-state index contributed by atoms with van der Waals surface area (Å²) in [6, 6.07) is 28.0. The number of alkyl carbamates (subject to hydrolysis) is 1. The Morgan fingerprint density at radius 1 is 0.384 bits per heavy atom. The average molecular weight is 1740 g/mol. The van der Waals surface area contributed by atoms with E-state index in [1.165, 1.54) is 25.7 Å². The SMILES string of the molecule is C[C@@H](OCc1ccccc1)[C@H](NC(=O)[C@H](CC(N)=O)NC(=O)[C@@H](NC(=O)[C@H](CCC(N)=O)NC(=O)[C@@H]1CCCN1C(=O)[C@@H](NC(=O)[C@H](CCC(N)=O)NC(=O)OC(C)(C)C)[C@@H](C)OCc1ccccc1)[C@@H](C)OCc1ccccc1)C(=O)NCC(=O)N[C@@H](COCc1ccccc1)C(=O)NCC(=O)N[C@H](C(=O)N1CCC[C@H]1C(N)=O)[C@@H](C)OCc1ccccc1. The van der Waals surface area contributed by atoms with Crippen molar-refractivity contribution in [1.82, 2.24) is 63.0 Å². The molecule has 0 radical (unpaired) electrons. The molecule has 0 bridgehead atoms. The second-order valence-corrected chi connectivity index (χ2v) is 31.4. The molecule has 0 unspecified atom stereocenters. The first kappa shape index (κ1) is 99.3. The van der Waals surface area contributed by atoms with Crippen LogP contribution in [0.15, 0.2) is 152 Å². The Bertz CT molecular complexity index is 4460. The average Bonchev–Trinajstić information content (AvgIpc) is 1.73. The van der Waals surface area contributed by atoms with Crippen LogP contribution >= 0.6 is 0 Å². The summed E-state index contributed by atoms with van der Waals surface area (Å²) in [4.78, 5) is 226. The summed E-state index contributed by atoms with van der Waals surface area (Å²) in [6.07, 6.45) is -7.61. The summed E-state index contributed by atoms with van der Waals surface area (Å²) in [5, 5.41) is 25.2. The zero-order valence-electron chi connectivity index (χ0n) is 71.1. The van der Waals surface area contributed by atoms with E-state index in [0.717, 1.165) is 10.5 Å². The maximum atomic E-state index is 15.1. The van der Waals surface area contributed by atoms with Gasteiger partial charge in [-0.15, -0.1) is 0 Å². The predicted molar refractivity (Wildman–Crippen MR) is 451 cm³/mol. The second-order valence-electron chi connectivity index (χ2n) is 31.4. The Balaban J connectivity index is 1.10. The number of likely N-dealkylation sites (tertiary alicyclic amines) is 2. The van der Waals surface area contributed by atoms with Crippen molar-refractivity contribution >= 4 is 94.7 Å². The molecule has 7 rings (SSSR count). The zero-order valence-corrected chi connectivity index (χ0v) is 71.1. The summed E-state index contributed by atoms with van der Waals surface area (Å²) in [6.45, 7) is 8.08. The van der Waals surface area contributed by atoms with E-state index in [1.54, 1.807) is 173 Å². The molecule has 2 fully saturated rings. The fraction of sp³-hybridized carbons (Fsp3) is 0.471. The van der Waals surface area contributed by atoms with Gasteiger partial charge in [0.1, 0.15) is 66.0 Å². The maximum Gasteiger partial charge on any atom is 0.408 e. The molecule has 2 aliphatic rings. The maximum absolute atomic E-state index is 15.1. The molecule has 5 aromatic carbocycles. The van der Waals surface area contributed by atoms with Crippen LogP contribution in [0.2, 0.25) is 0 Å². The molecule has 0 aromatic heterocycles. The summed E-state index contributed by atoms with van der Waals surface area (Å²) in [7, 11) is 0. The number of amides is 16. The van der Waals surface area contributed by atoms with E-state index in [9.17, 15) is 67.1 Å². The Morgan fingerprint density at radius 3 is 1.16 bits per heavy atom. The number of nitrogens with two attached hydrogens (primary N) is 4. The third kappa shape index (κ3) is 33.8. The third-order valence-corrected chi connectivity index (χ3v) is 20.2. The van der Waals surface area contributed by atoms with Crippen molar-refractivity contribution in [2.24, 2.45) is 22.9 Å². The molecular weight excluding hydrogens is 1620 g/mol. The molecular formula is C87H116N16O22. The van der Waals surface area contributed by atoms with E-state index >= 15 is 9.59 Å². The minimum Gasteiger partial charge on any atom is -0.444 e. The lowest BCUT2D eigenvalue weighted by Gasteiger charge is -2.33. The van der Waals surface area contributed by atoms with E-state index in [-0.39, 0.29) is 71.8 Å². The van der Waals surface area contributed by atoms with Crippen LogP contribution in [0.1, 0.15) is 134 Å². The molecule has 2 aliphatic heterocycles. The van der Waals surface area contributed by atoms with Crippen LogP contribution in [0, 0.1) is 0 Å². The van der Waals surface area contributed by atoms with Crippen molar-refractivity contribution < 1.29 is 105 Å². The highest BCUT2D eigenvalue weighted by Crippen LogP contribution is 2.24. The number of nitrogens with zero attached hydrogens (tertiary/aromatic N) is 2. The van der Waals surface area contributed by atoms with E-state index in [0.29, 0.717) is 35.1 Å². The number of carbonyl (C=O) groups excluding carboxylic acids is 16. The Labute approximate surface area is 724 Å². The number of hydrogen-bond acceptors (Lipinski definition) is 22. The molecule has 0 spiro atoms. The summed E-state index contributed by atoms with van der Waals surface area (Å²) in [5.41, 5.74) is 24.8. The number of hydrogen-bond donors (Lipinski definition) is 14. The summed E-state index contributed by atoms with van der Waals surface area (Å²) < 4.78 is 35.8. The molecule has 38 heteroatoms. The van der Waals surface area contributed by atoms with Crippen LogP contribution in [0.5, 0.6) is 0 Å². The van der Waals surface area contributed by atoms with Gasteiger partial charge in [-0.1, -0.05) is 152 Å². The summed E-state index contributed by atoms with van der Waals surface area (Å²) >= 11 is 0. The van der Waals surface area contributed by atoms with E-state index in [2.05, 4.69) is 53.2 Å². The Hall–Kier alpha value is -12.8. The standard InChI is InChI=1S/C87H116N16O22/c1-52(121-47-57-27-15-9-16-28-57)72(82(115)93-44-70(107)94-64(51-120-46-56-25-13-8-14-26-56)77(110)92-45-71(108)98-74(54(3)123-49-59-31-19-11-20-32-59)84(117)102-41-23-35-65(102)76(91)109)99-80(113)63(43-69(90)106)96-83(116)73(53(2)122-48-58-29-17-10-18-30-58)100-78(111)61(37-39-67(88)104)95-81(114)66-36-24-42-103(66)85(118)75(55(4)124-50-60-33-21-12-22-34-60)101-79(112)62(38-40-68(89)105)97-86(119)125-87(5,6)7/h8-22,25-34,52-55,61-66,72-75H,23-24,35-51H2,1-7H3,(H2,88,104)(H2,89,105)(H2,90,106)(H2,91,109)(H,92,110)(H,93,115)(H,94,107)(H,95,114)(H,96,116)(H,97,119)(H,98,108)(H,99,113)(H,100,111)(H,101,112)/t52-,53-,54-,55-,61+,62+,63+,64+,65+,66+,72+,73+,74+,75+/m1/s1. The first-order valence-corrected chi connectivity index (χ1v) is 41.2. The lowest BCUT2D eigenvalue weighted by atomic mass is 10.0. The Morgan fingerprint density at radius 2 is 0.744 bits per heavy atom. The summed E-state index contributed by atoms with van der Waals surface area (Å²) in [5.74, 6) is -14.6. The second kappa shape index (κ2) is 50.1. The number of primary amides is 4. The quantitative estimate of drug-likeness (QED) is 0.0244. The van der Waals surface area contributed by atoms with Crippen LogP contribution < -0.4 is 76.1 Å². The number of ether oxygens (including phenoxy) is 6. The smallest absolute Gasteiger partial charge is 0.408 e. The van der Waals surface area contributed by atoms with Gasteiger partial charge < -0.3 is 114 Å². The number of nitrogens with one attached hydrogen (secondary N) is 10. The molecule has 125 heavy (non-hydrogen) atoms. The van der Waals surface area contributed by atoms with Crippen molar-refractivity contribution in [3.8, 4) is 0 Å². The van der Waals surface area contributed by atoms with Crippen LogP contribution in [-0.4, -0.2) is 228 Å². The van der Waals surface area contributed by atoms with Gasteiger partial charge in [0.05, 0.1) is 83.6 Å². The lowest BCUT2D eigenvalue weighted by Crippen LogP contribution is -2.63. The monoisotopic (exact) mass is 1740 g/mol. The zero-order chi connectivity index (χ0) is 91.3. The van der Waals surface area contributed by atoms with Crippen LogP contribution in [0.4, 0.5) is 4.79 Å². The molecule has 2 saturated heterocycles. The van der Waals surface area contributed by atoms with Gasteiger partial charge in [-0.3, -0.25) is 71.9 Å².